The van der Waals surface area contributed by atoms with Gasteiger partial charge in [-0.15, -0.1) is 0 Å². The smallest absolute Gasteiger partial charge is 0.456 e. The second-order valence-electron chi connectivity index (χ2n) is 8.80. The van der Waals surface area contributed by atoms with Crippen molar-refractivity contribution < 1.29 is 14.5 Å². The summed E-state index contributed by atoms with van der Waals surface area (Å²) in [5.41, 5.74) is 7.05. The molecule has 0 spiro atoms. The minimum atomic E-state index is -1.59. The summed E-state index contributed by atoms with van der Waals surface area (Å²) < 4.78 is 8.52. The second kappa shape index (κ2) is 7.60. The fraction of sp³-hybridized carbons (Fsp3) is 0. The topological polar surface area (TPSA) is 58.5 Å². The molecule has 5 heteroatoms. The third kappa shape index (κ3) is 2.96. The van der Waals surface area contributed by atoms with Gasteiger partial charge in [0.05, 0.1) is 11.0 Å². The van der Waals surface area contributed by atoms with E-state index in [-0.39, 0.29) is 0 Å². The molecule has 0 aliphatic carbocycles. The first-order chi connectivity index (χ1) is 17.2. The predicted octanol–water partition coefficient (Wildman–Crippen LogP) is 6.03. The van der Waals surface area contributed by atoms with Crippen molar-refractivity contribution in [3.8, 4) is 16.8 Å². The highest BCUT2D eigenvalue weighted by atomic mass is 16.4. The van der Waals surface area contributed by atoms with Crippen LogP contribution in [-0.2, 0) is 0 Å². The van der Waals surface area contributed by atoms with Crippen LogP contribution in [-0.4, -0.2) is 21.7 Å². The molecule has 0 bridgehead atoms. The van der Waals surface area contributed by atoms with E-state index in [1.165, 1.54) is 21.8 Å². The lowest BCUT2D eigenvalue weighted by Crippen LogP contribution is -2.29. The lowest BCUT2D eigenvalue weighted by atomic mass is 9.79. The van der Waals surface area contributed by atoms with E-state index >= 15 is 0 Å². The first-order valence-corrected chi connectivity index (χ1v) is 11.6. The molecule has 4 nitrogen and oxygen atoms in total. The van der Waals surface area contributed by atoms with Gasteiger partial charge in [-0.25, -0.2) is 0 Å². The van der Waals surface area contributed by atoms with Gasteiger partial charge < -0.3 is 19.0 Å². The Kier molecular flexibility index (Phi) is 4.36. The molecule has 0 aliphatic heterocycles. The number of fused-ring (bicyclic) bond motifs is 6. The van der Waals surface area contributed by atoms with E-state index in [0.717, 1.165) is 33.2 Å². The summed E-state index contributed by atoms with van der Waals surface area (Å²) in [4.78, 5) is 0. The van der Waals surface area contributed by atoms with Crippen LogP contribution in [0.5, 0.6) is 0 Å². The van der Waals surface area contributed by atoms with Crippen molar-refractivity contribution in [3.05, 3.63) is 109 Å². The largest absolute Gasteiger partial charge is 0.492 e. The Labute approximate surface area is 201 Å². The molecule has 7 aromatic rings. The fourth-order valence-electron chi connectivity index (χ4n) is 5.26. The molecule has 0 saturated heterocycles. The van der Waals surface area contributed by atoms with Crippen molar-refractivity contribution in [2.75, 3.05) is 0 Å². The molecule has 2 heterocycles. The standard InChI is InChI=1S/C30H20BNO3/c33-31(34)26-12-6-11-25-24-10-5-9-21(29(24)35-30(25)26)19-15-17-20(18-16-19)32-27-13-3-1-7-22(27)23-8-2-4-14-28(23)32/h1-18,33-34H. The van der Waals surface area contributed by atoms with Crippen molar-refractivity contribution >= 4 is 56.3 Å². The lowest BCUT2D eigenvalue weighted by Gasteiger charge is -2.09. The summed E-state index contributed by atoms with van der Waals surface area (Å²) in [5, 5.41) is 23.9. The van der Waals surface area contributed by atoms with E-state index in [0.29, 0.717) is 11.0 Å². The Morgan fingerprint density at radius 2 is 1.11 bits per heavy atom. The molecular weight excluding hydrogens is 433 g/mol. The Morgan fingerprint density at radius 3 is 1.77 bits per heavy atom. The van der Waals surface area contributed by atoms with E-state index in [2.05, 4.69) is 77.4 Å². The number of hydrogen-bond acceptors (Lipinski definition) is 3. The number of furan rings is 1. The molecule has 0 fully saturated rings. The number of hydrogen-bond donors (Lipinski definition) is 2. The fourth-order valence-corrected chi connectivity index (χ4v) is 5.26. The van der Waals surface area contributed by atoms with Crippen molar-refractivity contribution in [1.29, 1.82) is 0 Å². The highest BCUT2D eigenvalue weighted by molar-refractivity contribution is 6.61. The molecule has 0 atom stereocenters. The van der Waals surface area contributed by atoms with Crippen LogP contribution in [0.15, 0.2) is 114 Å². The van der Waals surface area contributed by atoms with Crippen molar-refractivity contribution in [2.24, 2.45) is 0 Å². The number of para-hydroxylation sites is 4. The highest BCUT2D eigenvalue weighted by Crippen LogP contribution is 2.36. The average Bonchev–Trinajstić information content (AvgIpc) is 3.45. The summed E-state index contributed by atoms with van der Waals surface area (Å²) >= 11 is 0. The maximum absolute atomic E-state index is 9.80. The molecule has 2 N–H and O–H groups in total. The van der Waals surface area contributed by atoms with Crippen LogP contribution in [0.1, 0.15) is 0 Å². The Hall–Kier alpha value is -4.32. The molecule has 0 amide bonds. The third-order valence-electron chi connectivity index (χ3n) is 6.85. The van der Waals surface area contributed by atoms with Crippen molar-refractivity contribution in [3.63, 3.8) is 0 Å². The molecule has 5 aromatic carbocycles. The Balaban J connectivity index is 1.41. The van der Waals surface area contributed by atoms with Crippen LogP contribution in [0.3, 0.4) is 0 Å². The van der Waals surface area contributed by atoms with Crippen molar-refractivity contribution in [1.82, 2.24) is 4.57 Å². The summed E-state index contributed by atoms with van der Waals surface area (Å²) in [5.74, 6) is 0. The zero-order chi connectivity index (χ0) is 23.5. The van der Waals surface area contributed by atoms with Gasteiger partial charge in [0.15, 0.2) is 0 Å². The van der Waals surface area contributed by atoms with Crippen LogP contribution < -0.4 is 5.46 Å². The minimum Gasteiger partial charge on any atom is -0.456 e. The Bertz CT molecular complexity index is 1830. The number of rotatable bonds is 3. The zero-order valence-corrected chi connectivity index (χ0v) is 18.7. The molecule has 0 aliphatic rings. The van der Waals surface area contributed by atoms with Crippen LogP contribution in [0, 0.1) is 0 Å². The van der Waals surface area contributed by atoms with Crippen LogP contribution in [0.2, 0.25) is 0 Å². The van der Waals surface area contributed by atoms with E-state index in [1.807, 2.05) is 30.3 Å². The number of benzene rings is 5. The quantitative estimate of drug-likeness (QED) is 0.321. The molecule has 7 rings (SSSR count). The Morgan fingerprint density at radius 1 is 0.543 bits per heavy atom. The van der Waals surface area contributed by atoms with Crippen LogP contribution in [0.25, 0.3) is 60.6 Å². The van der Waals surface area contributed by atoms with Gasteiger partial charge in [0.25, 0.3) is 0 Å². The first-order valence-electron chi connectivity index (χ1n) is 11.6. The lowest BCUT2D eigenvalue weighted by molar-refractivity contribution is 0.425. The van der Waals surface area contributed by atoms with Gasteiger partial charge in [-0.3, -0.25) is 0 Å². The van der Waals surface area contributed by atoms with Crippen LogP contribution >= 0.6 is 0 Å². The third-order valence-corrected chi connectivity index (χ3v) is 6.85. The normalized spacial score (nSPS) is 11.7. The number of nitrogens with zero attached hydrogens (tertiary/aromatic N) is 1. The van der Waals surface area contributed by atoms with Gasteiger partial charge >= 0.3 is 7.12 Å². The van der Waals surface area contributed by atoms with Gasteiger partial charge in [0.2, 0.25) is 0 Å². The second-order valence-corrected chi connectivity index (χ2v) is 8.80. The van der Waals surface area contributed by atoms with Gasteiger partial charge in [-0.1, -0.05) is 84.9 Å². The molecule has 35 heavy (non-hydrogen) atoms. The molecule has 2 aromatic heterocycles. The molecule has 0 saturated carbocycles. The molecule has 0 unspecified atom stereocenters. The van der Waals surface area contributed by atoms with E-state index in [4.69, 9.17) is 4.42 Å². The summed E-state index contributed by atoms with van der Waals surface area (Å²) in [6.07, 6.45) is 0. The minimum absolute atomic E-state index is 0.367. The molecular formula is C30H20BNO3. The van der Waals surface area contributed by atoms with E-state index < -0.39 is 7.12 Å². The molecule has 166 valence electrons. The van der Waals surface area contributed by atoms with E-state index in [9.17, 15) is 10.0 Å². The van der Waals surface area contributed by atoms with Crippen LogP contribution in [0.4, 0.5) is 0 Å². The maximum Gasteiger partial charge on any atom is 0.492 e. The maximum atomic E-state index is 9.80. The summed E-state index contributed by atoms with van der Waals surface area (Å²) in [6.45, 7) is 0. The summed E-state index contributed by atoms with van der Waals surface area (Å²) in [7, 11) is -1.59. The average molecular weight is 453 g/mol. The number of aromatic nitrogens is 1. The van der Waals surface area contributed by atoms with Crippen molar-refractivity contribution in [2.45, 2.75) is 0 Å². The van der Waals surface area contributed by atoms with Gasteiger partial charge in [-0.2, -0.15) is 0 Å². The monoisotopic (exact) mass is 453 g/mol. The van der Waals surface area contributed by atoms with Gasteiger partial charge in [-0.05, 0) is 29.8 Å². The molecule has 0 radical (unpaired) electrons. The zero-order valence-electron chi connectivity index (χ0n) is 18.7. The first kappa shape index (κ1) is 20.1. The van der Waals surface area contributed by atoms with Gasteiger partial charge in [0.1, 0.15) is 11.2 Å². The summed E-state index contributed by atoms with van der Waals surface area (Å²) in [6, 6.07) is 37.0. The SMILES string of the molecule is OB(O)c1cccc2c1oc1c(-c3ccc(-n4c5ccccc5c5ccccc54)cc3)cccc12. The highest BCUT2D eigenvalue weighted by Gasteiger charge is 2.20. The predicted molar refractivity (Wildman–Crippen MR) is 143 cm³/mol. The van der Waals surface area contributed by atoms with Gasteiger partial charge in [0, 0.05) is 38.3 Å². The van der Waals surface area contributed by atoms with E-state index in [1.54, 1.807) is 6.07 Å².